The number of aryl methyl sites for hydroxylation is 1. The van der Waals surface area contributed by atoms with Gasteiger partial charge in [-0.1, -0.05) is 0 Å². The van der Waals surface area contributed by atoms with Crippen molar-refractivity contribution in [3.63, 3.8) is 0 Å². The van der Waals surface area contributed by atoms with Crippen LogP contribution in [0.15, 0.2) is 12.4 Å². The van der Waals surface area contributed by atoms with E-state index in [1.807, 2.05) is 24.0 Å². The molecule has 0 unspecified atom stereocenters. The van der Waals surface area contributed by atoms with Gasteiger partial charge in [-0.2, -0.15) is 5.10 Å². The summed E-state index contributed by atoms with van der Waals surface area (Å²) in [6.45, 7) is 8.90. The molecule has 2 atom stereocenters. The van der Waals surface area contributed by atoms with Gasteiger partial charge in [0.05, 0.1) is 18.8 Å². The quantitative estimate of drug-likeness (QED) is 0.793. The molecular formula is C18H31N5O. The first kappa shape index (κ1) is 17.4. The number of nitrogens with zero attached hydrogens (tertiary/aromatic N) is 3. The molecule has 6 heteroatoms. The van der Waals surface area contributed by atoms with Crippen LogP contribution in [0.1, 0.15) is 51.1 Å². The predicted octanol–water partition coefficient (Wildman–Crippen LogP) is 1.47. The summed E-state index contributed by atoms with van der Waals surface area (Å²) in [5.41, 5.74) is 1.16. The molecule has 0 aromatic carbocycles. The van der Waals surface area contributed by atoms with Crippen LogP contribution < -0.4 is 10.6 Å². The van der Waals surface area contributed by atoms with Crippen LogP contribution in [0.2, 0.25) is 0 Å². The molecule has 1 saturated heterocycles. The van der Waals surface area contributed by atoms with E-state index in [1.54, 1.807) is 0 Å². The van der Waals surface area contributed by atoms with E-state index in [0.717, 1.165) is 37.5 Å². The monoisotopic (exact) mass is 333 g/mol. The molecule has 2 N–H and O–H groups in total. The van der Waals surface area contributed by atoms with Crippen LogP contribution >= 0.6 is 0 Å². The predicted molar refractivity (Wildman–Crippen MR) is 94.9 cm³/mol. The number of rotatable bonds is 7. The van der Waals surface area contributed by atoms with Gasteiger partial charge in [0.15, 0.2) is 0 Å². The second-order valence-corrected chi connectivity index (χ2v) is 7.52. The number of hydrogen-bond donors (Lipinski definition) is 2. The zero-order chi connectivity index (χ0) is 17.1. The highest BCUT2D eigenvalue weighted by Gasteiger charge is 2.32. The van der Waals surface area contributed by atoms with E-state index in [-0.39, 0.29) is 18.0 Å². The Hall–Kier alpha value is -1.40. The van der Waals surface area contributed by atoms with Gasteiger partial charge in [-0.25, -0.2) is 0 Å². The summed E-state index contributed by atoms with van der Waals surface area (Å²) >= 11 is 0. The molecule has 0 radical (unpaired) electrons. The van der Waals surface area contributed by atoms with Gasteiger partial charge in [-0.05, 0) is 52.0 Å². The molecule has 3 rings (SSSR count). The van der Waals surface area contributed by atoms with Crippen LogP contribution in [0.5, 0.6) is 0 Å². The summed E-state index contributed by atoms with van der Waals surface area (Å²) in [5.74, 6) is 0.107. The fraction of sp³-hybridized carbons (Fsp3) is 0.778. The number of likely N-dealkylation sites (tertiary alicyclic amines) is 1. The van der Waals surface area contributed by atoms with Crippen LogP contribution in [0.4, 0.5) is 0 Å². The molecule has 1 saturated carbocycles. The first-order chi connectivity index (χ1) is 11.5. The zero-order valence-electron chi connectivity index (χ0n) is 15.2. The highest BCUT2D eigenvalue weighted by molar-refractivity contribution is 5.78. The summed E-state index contributed by atoms with van der Waals surface area (Å²) in [6, 6.07) is 1.59. The van der Waals surface area contributed by atoms with Gasteiger partial charge in [0.25, 0.3) is 0 Å². The van der Waals surface area contributed by atoms with Gasteiger partial charge in [0.2, 0.25) is 5.91 Å². The van der Waals surface area contributed by atoms with Gasteiger partial charge in [-0.15, -0.1) is 0 Å². The minimum atomic E-state index is 0.107. The summed E-state index contributed by atoms with van der Waals surface area (Å²) in [6.07, 6.45) is 8.81. The Bertz CT molecular complexity index is 545. The maximum Gasteiger partial charge on any atom is 0.234 e. The van der Waals surface area contributed by atoms with Crippen molar-refractivity contribution in [2.75, 3.05) is 19.6 Å². The lowest BCUT2D eigenvalue weighted by molar-refractivity contribution is -0.121. The number of carbonyl (C=O) groups is 1. The van der Waals surface area contributed by atoms with E-state index in [0.29, 0.717) is 12.6 Å². The van der Waals surface area contributed by atoms with Crippen LogP contribution in [0, 0.1) is 6.92 Å². The summed E-state index contributed by atoms with van der Waals surface area (Å²) in [4.78, 5) is 14.8. The van der Waals surface area contributed by atoms with Crippen molar-refractivity contribution >= 4 is 5.91 Å². The van der Waals surface area contributed by atoms with Gasteiger partial charge in [-0.3, -0.25) is 9.48 Å². The first-order valence-electron chi connectivity index (χ1n) is 9.30. The van der Waals surface area contributed by atoms with Gasteiger partial charge in [0, 0.05) is 37.4 Å². The summed E-state index contributed by atoms with van der Waals surface area (Å²) < 4.78 is 1.96. The standard InChI is InChI=1S/C18H31N5O/c1-13-10-20-23(12-13)15(3)14(2)19-11-18(24)21-16-6-8-22(9-7-16)17-4-5-17/h10,12,14-17,19H,4-9,11H2,1-3H3,(H,21,24)/t14-,15+/m1/s1. The molecule has 1 aliphatic carbocycles. The lowest BCUT2D eigenvalue weighted by Gasteiger charge is -2.32. The van der Waals surface area contributed by atoms with Crippen molar-refractivity contribution in [1.29, 1.82) is 0 Å². The number of carbonyl (C=O) groups excluding carboxylic acids is 1. The Balaban J connectivity index is 1.36. The number of piperidine rings is 1. The first-order valence-corrected chi connectivity index (χ1v) is 9.30. The zero-order valence-corrected chi connectivity index (χ0v) is 15.2. The molecule has 1 aromatic heterocycles. The Morgan fingerprint density at radius 2 is 2.00 bits per heavy atom. The van der Waals surface area contributed by atoms with Crippen molar-refractivity contribution in [2.24, 2.45) is 0 Å². The van der Waals surface area contributed by atoms with Crippen molar-refractivity contribution in [3.05, 3.63) is 18.0 Å². The highest BCUT2D eigenvalue weighted by Crippen LogP contribution is 2.29. The second-order valence-electron chi connectivity index (χ2n) is 7.52. The van der Waals surface area contributed by atoms with Crippen LogP contribution in [0.3, 0.4) is 0 Å². The molecule has 1 amide bonds. The molecule has 134 valence electrons. The van der Waals surface area contributed by atoms with E-state index in [4.69, 9.17) is 0 Å². The van der Waals surface area contributed by atoms with Crippen molar-refractivity contribution < 1.29 is 4.79 Å². The molecule has 2 heterocycles. The second kappa shape index (κ2) is 7.66. The van der Waals surface area contributed by atoms with Crippen molar-refractivity contribution in [2.45, 2.75) is 70.6 Å². The molecule has 2 fully saturated rings. The van der Waals surface area contributed by atoms with Crippen molar-refractivity contribution in [1.82, 2.24) is 25.3 Å². The third-order valence-corrected chi connectivity index (χ3v) is 5.41. The van der Waals surface area contributed by atoms with Crippen LogP contribution in [0.25, 0.3) is 0 Å². The Labute approximate surface area is 145 Å². The fourth-order valence-electron chi connectivity index (χ4n) is 3.44. The number of hydrogen-bond acceptors (Lipinski definition) is 4. The Morgan fingerprint density at radius 3 is 2.58 bits per heavy atom. The molecule has 24 heavy (non-hydrogen) atoms. The average molecular weight is 333 g/mol. The Morgan fingerprint density at radius 1 is 1.29 bits per heavy atom. The van der Waals surface area contributed by atoms with E-state index in [2.05, 4.69) is 34.5 Å². The lowest BCUT2D eigenvalue weighted by Crippen LogP contribution is -2.48. The molecule has 1 aliphatic heterocycles. The van der Waals surface area contributed by atoms with Gasteiger partial charge < -0.3 is 15.5 Å². The smallest absolute Gasteiger partial charge is 0.234 e. The third kappa shape index (κ3) is 4.57. The van der Waals surface area contributed by atoms with E-state index < -0.39 is 0 Å². The molecule has 0 bridgehead atoms. The van der Waals surface area contributed by atoms with Gasteiger partial charge >= 0.3 is 0 Å². The largest absolute Gasteiger partial charge is 0.352 e. The molecule has 2 aliphatic rings. The number of nitrogens with one attached hydrogen (secondary N) is 2. The minimum absolute atomic E-state index is 0.107. The minimum Gasteiger partial charge on any atom is -0.352 e. The normalized spacial score (nSPS) is 22.3. The third-order valence-electron chi connectivity index (χ3n) is 5.41. The van der Waals surface area contributed by atoms with Gasteiger partial charge in [0.1, 0.15) is 0 Å². The Kier molecular flexibility index (Phi) is 5.56. The maximum atomic E-state index is 12.2. The number of aromatic nitrogens is 2. The van der Waals surface area contributed by atoms with E-state index >= 15 is 0 Å². The molecule has 6 nitrogen and oxygen atoms in total. The summed E-state index contributed by atoms with van der Waals surface area (Å²) in [5, 5.41) is 10.9. The van der Waals surface area contributed by atoms with Crippen LogP contribution in [-0.2, 0) is 4.79 Å². The average Bonchev–Trinajstić information content (AvgIpc) is 3.34. The lowest BCUT2D eigenvalue weighted by atomic mass is 10.0. The fourth-order valence-corrected chi connectivity index (χ4v) is 3.44. The molecule has 1 aromatic rings. The van der Waals surface area contributed by atoms with E-state index in [1.165, 1.54) is 12.8 Å². The van der Waals surface area contributed by atoms with E-state index in [9.17, 15) is 4.79 Å². The molecule has 0 spiro atoms. The number of amides is 1. The summed E-state index contributed by atoms with van der Waals surface area (Å²) in [7, 11) is 0. The highest BCUT2D eigenvalue weighted by atomic mass is 16.2. The van der Waals surface area contributed by atoms with Crippen LogP contribution in [-0.4, -0.2) is 58.3 Å². The molecular weight excluding hydrogens is 302 g/mol. The van der Waals surface area contributed by atoms with Crippen molar-refractivity contribution in [3.8, 4) is 0 Å². The topological polar surface area (TPSA) is 62.2 Å². The SMILES string of the molecule is Cc1cnn([C@@H](C)[C@@H](C)NCC(=O)NC2CCN(C3CC3)CC2)c1. The maximum absolute atomic E-state index is 12.2.